The summed E-state index contributed by atoms with van der Waals surface area (Å²) in [6.45, 7) is 3.47. The number of nitrogens with zero attached hydrogens (tertiary/aromatic N) is 3. The fourth-order valence-electron chi connectivity index (χ4n) is 2.94. The molecule has 0 unspecified atom stereocenters. The van der Waals surface area contributed by atoms with Gasteiger partial charge in [-0.25, -0.2) is 4.98 Å². The second-order valence-electron chi connectivity index (χ2n) is 5.93. The van der Waals surface area contributed by atoms with Crippen LogP contribution in [0.4, 0.5) is 5.13 Å². The van der Waals surface area contributed by atoms with Crippen LogP contribution in [0.2, 0.25) is 0 Å². The fraction of sp³-hybridized carbons (Fsp3) is 0.500. The van der Waals surface area contributed by atoms with Gasteiger partial charge in [-0.15, -0.1) is 23.7 Å². The first kappa shape index (κ1) is 20.3. The number of amides is 1. The Morgan fingerprint density at radius 2 is 2.27 bits per heavy atom. The summed E-state index contributed by atoms with van der Waals surface area (Å²) in [5, 5.41) is 12.6. The average Bonchev–Trinajstić information content (AvgIpc) is 3.28. The number of carbonyl (C=O) groups is 2. The minimum absolute atomic E-state index is 0. The van der Waals surface area contributed by atoms with E-state index in [1.54, 1.807) is 23.2 Å². The van der Waals surface area contributed by atoms with Crippen molar-refractivity contribution in [3.8, 4) is 0 Å². The molecule has 1 aliphatic rings. The number of nitrogens with one attached hydrogen (secondary N) is 2. The van der Waals surface area contributed by atoms with Gasteiger partial charge >= 0.3 is 5.97 Å². The molecule has 2 aromatic heterocycles. The molecule has 8 nitrogen and oxygen atoms in total. The standard InChI is InChI=1S/C16H21N5O3S.ClH/c1-3-24-14(22)4-11-9-25-16(19-11)20-15(23)13-7-17-6-12(13)10-5-18-21(2)8-10;/h5,8-9,12-13,17H,3-4,6-7H2,1-2H3,(H,19,20,23);1H/t12-,13+;/m1./s1. The Balaban J connectivity index is 0.00000243. The highest BCUT2D eigenvalue weighted by Gasteiger charge is 2.35. The van der Waals surface area contributed by atoms with Gasteiger partial charge in [0.2, 0.25) is 5.91 Å². The summed E-state index contributed by atoms with van der Waals surface area (Å²) in [5.74, 6) is -0.479. The number of thiazole rings is 1. The highest BCUT2D eigenvalue weighted by molar-refractivity contribution is 7.13. The fourth-order valence-corrected chi connectivity index (χ4v) is 3.65. The molecule has 2 N–H and O–H groups in total. The van der Waals surface area contributed by atoms with Crippen LogP contribution in [0.25, 0.3) is 0 Å². The summed E-state index contributed by atoms with van der Waals surface area (Å²) in [6, 6.07) is 0. The Hall–Kier alpha value is -1.97. The molecule has 1 fully saturated rings. The lowest BCUT2D eigenvalue weighted by atomic mass is 9.90. The summed E-state index contributed by atoms with van der Waals surface area (Å²) < 4.78 is 6.65. The number of esters is 1. The molecule has 2 aromatic rings. The Morgan fingerprint density at radius 1 is 1.46 bits per heavy atom. The molecule has 1 saturated heterocycles. The molecule has 2 atom stereocenters. The van der Waals surface area contributed by atoms with Crippen LogP contribution in [0.15, 0.2) is 17.8 Å². The number of ether oxygens (including phenoxy) is 1. The Morgan fingerprint density at radius 3 is 2.96 bits per heavy atom. The Bertz CT molecular complexity index is 763. The first-order chi connectivity index (χ1) is 12.1. The smallest absolute Gasteiger partial charge is 0.311 e. The zero-order valence-electron chi connectivity index (χ0n) is 14.6. The summed E-state index contributed by atoms with van der Waals surface area (Å²) in [4.78, 5) is 28.4. The van der Waals surface area contributed by atoms with Crippen molar-refractivity contribution in [1.29, 1.82) is 0 Å². The molecule has 26 heavy (non-hydrogen) atoms. The van der Waals surface area contributed by atoms with Gasteiger partial charge in [0.25, 0.3) is 0 Å². The molecule has 1 aliphatic heterocycles. The predicted molar refractivity (Wildman–Crippen MR) is 101 cm³/mol. The molecule has 0 spiro atoms. The van der Waals surface area contributed by atoms with Crippen molar-refractivity contribution in [2.24, 2.45) is 13.0 Å². The maximum atomic E-state index is 12.6. The van der Waals surface area contributed by atoms with Crippen LogP contribution in [-0.2, 0) is 27.8 Å². The molecule has 3 heterocycles. The highest BCUT2D eigenvalue weighted by atomic mass is 35.5. The maximum Gasteiger partial charge on any atom is 0.311 e. The minimum Gasteiger partial charge on any atom is -0.466 e. The summed E-state index contributed by atoms with van der Waals surface area (Å²) in [7, 11) is 1.86. The van der Waals surface area contributed by atoms with E-state index in [0.29, 0.717) is 24.0 Å². The molecular formula is C16H22ClN5O3S. The number of hydrogen-bond acceptors (Lipinski definition) is 7. The topological polar surface area (TPSA) is 98.1 Å². The summed E-state index contributed by atoms with van der Waals surface area (Å²) in [6.07, 6.45) is 3.86. The molecule has 3 rings (SSSR count). The third-order valence-corrected chi connectivity index (χ3v) is 4.92. The molecule has 0 saturated carbocycles. The van der Waals surface area contributed by atoms with Gasteiger partial charge < -0.3 is 15.4 Å². The van der Waals surface area contributed by atoms with Gasteiger partial charge in [0.15, 0.2) is 5.13 Å². The van der Waals surface area contributed by atoms with Crippen LogP contribution in [0.5, 0.6) is 0 Å². The molecule has 0 bridgehead atoms. The lowest BCUT2D eigenvalue weighted by Crippen LogP contribution is -2.28. The number of hydrogen-bond donors (Lipinski definition) is 2. The van der Waals surface area contributed by atoms with E-state index in [9.17, 15) is 9.59 Å². The van der Waals surface area contributed by atoms with Crippen LogP contribution in [-0.4, -0.2) is 46.3 Å². The van der Waals surface area contributed by atoms with Crippen molar-refractivity contribution >= 4 is 40.8 Å². The lowest BCUT2D eigenvalue weighted by Gasteiger charge is -2.15. The van der Waals surface area contributed by atoms with E-state index in [1.807, 2.05) is 13.2 Å². The van der Waals surface area contributed by atoms with Crippen LogP contribution in [0.1, 0.15) is 24.1 Å². The van der Waals surface area contributed by atoms with Gasteiger partial charge in [0.1, 0.15) is 0 Å². The quantitative estimate of drug-likeness (QED) is 0.711. The van der Waals surface area contributed by atoms with Gasteiger partial charge in [0.05, 0.1) is 30.8 Å². The van der Waals surface area contributed by atoms with Gasteiger partial charge in [-0.1, -0.05) is 0 Å². The van der Waals surface area contributed by atoms with Crippen molar-refractivity contribution in [3.63, 3.8) is 0 Å². The van der Waals surface area contributed by atoms with Crippen LogP contribution >= 0.6 is 23.7 Å². The second kappa shape index (κ2) is 9.11. The number of halogens is 1. The predicted octanol–water partition coefficient (Wildman–Crippen LogP) is 1.35. The normalized spacial score (nSPS) is 19.0. The van der Waals surface area contributed by atoms with Gasteiger partial charge in [-0.3, -0.25) is 14.3 Å². The SMILES string of the molecule is CCOC(=O)Cc1csc(NC(=O)[C@H]2CNC[C@@H]2c2cnn(C)c2)n1.Cl. The Labute approximate surface area is 161 Å². The van der Waals surface area contributed by atoms with Crippen molar-refractivity contribution in [3.05, 3.63) is 29.0 Å². The molecule has 1 amide bonds. The van der Waals surface area contributed by atoms with Gasteiger partial charge in [0, 0.05) is 37.6 Å². The zero-order chi connectivity index (χ0) is 17.8. The van der Waals surface area contributed by atoms with Gasteiger partial charge in [-0.05, 0) is 12.5 Å². The zero-order valence-corrected chi connectivity index (χ0v) is 16.2. The lowest BCUT2D eigenvalue weighted by molar-refractivity contribution is -0.142. The van der Waals surface area contributed by atoms with Crippen molar-refractivity contribution < 1.29 is 14.3 Å². The molecule has 142 valence electrons. The number of aromatic nitrogens is 3. The Kier molecular flexibility index (Phi) is 7.13. The minimum atomic E-state index is -0.317. The largest absolute Gasteiger partial charge is 0.466 e. The number of aryl methyl sites for hydroxylation is 1. The van der Waals surface area contributed by atoms with E-state index >= 15 is 0 Å². The van der Waals surface area contributed by atoms with Crippen molar-refractivity contribution in [1.82, 2.24) is 20.1 Å². The van der Waals surface area contributed by atoms with E-state index in [-0.39, 0.29) is 42.5 Å². The van der Waals surface area contributed by atoms with E-state index < -0.39 is 0 Å². The average molecular weight is 400 g/mol. The van der Waals surface area contributed by atoms with E-state index in [2.05, 4.69) is 20.7 Å². The van der Waals surface area contributed by atoms with E-state index in [0.717, 1.165) is 12.1 Å². The number of anilines is 1. The molecule has 0 aromatic carbocycles. The molecule has 0 aliphatic carbocycles. The van der Waals surface area contributed by atoms with Crippen LogP contribution in [0, 0.1) is 5.92 Å². The summed E-state index contributed by atoms with van der Waals surface area (Å²) >= 11 is 1.31. The molecular weight excluding hydrogens is 378 g/mol. The third-order valence-electron chi connectivity index (χ3n) is 4.12. The first-order valence-electron chi connectivity index (χ1n) is 8.17. The highest BCUT2D eigenvalue weighted by Crippen LogP contribution is 2.29. The van der Waals surface area contributed by atoms with Crippen LogP contribution in [0.3, 0.4) is 0 Å². The van der Waals surface area contributed by atoms with Crippen LogP contribution < -0.4 is 10.6 Å². The van der Waals surface area contributed by atoms with Crippen molar-refractivity contribution in [2.45, 2.75) is 19.3 Å². The van der Waals surface area contributed by atoms with Crippen molar-refractivity contribution in [2.75, 3.05) is 25.0 Å². The maximum absolute atomic E-state index is 12.6. The number of carbonyl (C=O) groups excluding carboxylic acids is 2. The van der Waals surface area contributed by atoms with E-state index in [4.69, 9.17) is 4.74 Å². The third kappa shape index (κ3) is 4.80. The molecule has 10 heteroatoms. The van der Waals surface area contributed by atoms with Gasteiger partial charge in [-0.2, -0.15) is 5.10 Å². The number of rotatable bonds is 6. The van der Waals surface area contributed by atoms with E-state index in [1.165, 1.54) is 11.3 Å². The monoisotopic (exact) mass is 399 g/mol. The second-order valence-corrected chi connectivity index (χ2v) is 6.79. The first-order valence-corrected chi connectivity index (χ1v) is 9.05. The summed E-state index contributed by atoms with van der Waals surface area (Å²) in [5.41, 5.74) is 1.65. The molecule has 0 radical (unpaired) electrons.